The maximum atomic E-state index is 13.4. The van der Waals surface area contributed by atoms with Crippen LogP contribution in [0.4, 0.5) is 11.4 Å². The number of amides is 2. The van der Waals surface area contributed by atoms with Crippen molar-refractivity contribution in [1.29, 1.82) is 5.26 Å². The van der Waals surface area contributed by atoms with Crippen LogP contribution in [0.3, 0.4) is 0 Å². The second kappa shape index (κ2) is 9.95. The molecule has 3 aromatic carbocycles. The van der Waals surface area contributed by atoms with E-state index in [0.29, 0.717) is 27.8 Å². The van der Waals surface area contributed by atoms with Crippen LogP contribution in [0.15, 0.2) is 89.5 Å². The monoisotopic (exact) mass is 473 g/mol. The molecule has 0 radical (unpaired) electrons. The third-order valence-corrected chi connectivity index (χ3v) is 6.64. The van der Waals surface area contributed by atoms with Gasteiger partial charge in [-0.1, -0.05) is 65.8 Å². The van der Waals surface area contributed by atoms with Crippen LogP contribution in [0.25, 0.3) is 0 Å². The first-order valence-electron chi connectivity index (χ1n) is 10.3. The van der Waals surface area contributed by atoms with Crippen molar-refractivity contribution >= 4 is 46.6 Å². The van der Waals surface area contributed by atoms with Gasteiger partial charge in [0.1, 0.15) is 16.7 Å². The molecule has 7 heteroatoms. The van der Waals surface area contributed by atoms with Gasteiger partial charge in [-0.2, -0.15) is 5.26 Å². The van der Waals surface area contributed by atoms with Crippen molar-refractivity contribution in [3.05, 3.63) is 106 Å². The quantitative estimate of drug-likeness (QED) is 0.380. The number of halogens is 1. The number of para-hydroxylation sites is 1. The Labute approximate surface area is 201 Å². The topological polar surface area (TPSA) is 73.2 Å². The lowest BCUT2D eigenvalue weighted by molar-refractivity contribution is -0.117. The van der Waals surface area contributed by atoms with Crippen molar-refractivity contribution in [3.8, 4) is 6.07 Å². The van der Waals surface area contributed by atoms with Crippen molar-refractivity contribution < 1.29 is 9.59 Å². The second-order valence-corrected chi connectivity index (χ2v) is 9.19. The van der Waals surface area contributed by atoms with Crippen LogP contribution < -0.4 is 10.2 Å². The Morgan fingerprint density at radius 1 is 1.09 bits per heavy atom. The Kier molecular flexibility index (Phi) is 6.83. The van der Waals surface area contributed by atoms with Crippen molar-refractivity contribution in [2.45, 2.75) is 18.6 Å². The molecule has 0 bridgehead atoms. The van der Waals surface area contributed by atoms with Crippen molar-refractivity contribution in [3.63, 3.8) is 0 Å². The summed E-state index contributed by atoms with van der Waals surface area (Å²) >= 11 is 7.22. The largest absolute Gasteiger partial charge is 0.321 e. The number of carbonyl (C=O) groups is 2. The SMILES string of the molecule is Cc1cccc(NC(=O)/C(C#N)=C2\SC(Cc3ccc(Cl)cc3)C(=O)N2c2ccccc2)c1. The first kappa shape index (κ1) is 22.7. The highest BCUT2D eigenvalue weighted by Crippen LogP contribution is 2.42. The summed E-state index contributed by atoms with van der Waals surface area (Å²) < 4.78 is 0. The highest BCUT2D eigenvalue weighted by molar-refractivity contribution is 8.05. The third kappa shape index (κ3) is 5.11. The fourth-order valence-electron chi connectivity index (χ4n) is 3.55. The normalized spacial score (nSPS) is 16.9. The van der Waals surface area contributed by atoms with Gasteiger partial charge in [0.15, 0.2) is 0 Å². The lowest BCUT2D eigenvalue weighted by atomic mass is 10.1. The zero-order chi connectivity index (χ0) is 23.4. The molecule has 1 heterocycles. The lowest BCUT2D eigenvalue weighted by Gasteiger charge is -2.18. The Hall–Kier alpha value is -3.53. The van der Waals surface area contributed by atoms with E-state index < -0.39 is 11.2 Å². The molecule has 33 heavy (non-hydrogen) atoms. The van der Waals surface area contributed by atoms with E-state index in [1.807, 2.05) is 61.5 Å². The molecule has 1 fully saturated rings. The molecular weight excluding hydrogens is 454 g/mol. The number of nitrogens with zero attached hydrogens (tertiary/aromatic N) is 2. The van der Waals surface area contributed by atoms with Gasteiger partial charge in [-0.25, -0.2) is 0 Å². The number of nitrogens with one attached hydrogen (secondary N) is 1. The highest BCUT2D eigenvalue weighted by atomic mass is 35.5. The number of anilines is 2. The molecule has 1 aliphatic heterocycles. The number of nitriles is 1. The number of thioether (sulfide) groups is 1. The van der Waals surface area contributed by atoms with Crippen LogP contribution >= 0.6 is 23.4 Å². The van der Waals surface area contributed by atoms with Gasteiger partial charge in [0.25, 0.3) is 5.91 Å². The number of hydrogen-bond acceptors (Lipinski definition) is 4. The molecule has 1 atom stereocenters. The molecule has 0 aliphatic carbocycles. The van der Waals surface area contributed by atoms with E-state index in [9.17, 15) is 14.9 Å². The van der Waals surface area contributed by atoms with Gasteiger partial charge < -0.3 is 5.32 Å². The van der Waals surface area contributed by atoms with Gasteiger partial charge in [0, 0.05) is 16.4 Å². The fourth-order valence-corrected chi connectivity index (χ4v) is 4.98. The van der Waals surface area contributed by atoms with Gasteiger partial charge in [-0.05, 0) is 60.9 Å². The molecule has 0 saturated carbocycles. The van der Waals surface area contributed by atoms with Gasteiger partial charge in [0.05, 0.1) is 5.25 Å². The molecule has 1 aliphatic rings. The van der Waals surface area contributed by atoms with Crippen LogP contribution in [0.5, 0.6) is 0 Å². The summed E-state index contributed by atoms with van der Waals surface area (Å²) in [6.45, 7) is 1.92. The first-order chi connectivity index (χ1) is 16.0. The Morgan fingerprint density at radius 2 is 1.82 bits per heavy atom. The van der Waals surface area contributed by atoms with Crippen LogP contribution in [-0.4, -0.2) is 17.1 Å². The van der Waals surface area contributed by atoms with Gasteiger partial charge in [-0.3, -0.25) is 14.5 Å². The maximum absolute atomic E-state index is 13.4. The molecule has 4 rings (SSSR count). The second-order valence-electron chi connectivity index (χ2n) is 7.56. The minimum atomic E-state index is -0.550. The van der Waals surface area contributed by atoms with E-state index in [1.54, 1.807) is 30.3 Å². The third-order valence-electron chi connectivity index (χ3n) is 5.13. The van der Waals surface area contributed by atoms with E-state index in [0.717, 1.165) is 11.1 Å². The Morgan fingerprint density at radius 3 is 2.48 bits per heavy atom. The standard InChI is InChI=1S/C26H20ClN3O2S/c1-17-6-5-7-20(14-17)29-24(31)22(16-28)26-30(21-8-3-2-4-9-21)25(32)23(33-26)15-18-10-12-19(27)13-11-18/h2-14,23H,15H2,1H3,(H,29,31)/b26-22-. The number of benzene rings is 3. The predicted molar refractivity (Wildman–Crippen MR) is 133 cm³/mol. The predicted octanol–water partition coefficient (Wildman–Crippen LogP) is 5.71. The van der Waals surface area contributed by atoms with Gasteiger partial charge in [-0.15, -0.1) is 0 Å². The molecule has 1 saturated heterocycles. The first-order valence-corrected chi connectivity index (χ1v) is 11.5. The lowest BCUT2D eigenvalue weighted by Crippen LogP contribution is -2.30. The molecule has 0 aromatic heterocycles. The van der Waals surface area contributed by atoms with Gasteiger partial charge >= 0.3 is 0 Å². The maximum Gasteiger partial charge on any atom is 0.269 e. The van der Waals surface area contributed by atoms with Gasteiger partial charge in [0.2, 0.25) is 5.91 Å². The summed E-state index contributed by atoms with van der Waals surface area (Å²) in [4.78, 5) is 28.0. The van der Waals surface area contributed by atoms with Crippen LogP contribution in [0, 0.1) is 18.3 Å². The number of carbonyl (C=O) groups excluding carboxylic acids is 2. The summed E-state index contributed by atoms with van der Waals surface area (Å²) in [5.41, 5.74) is 3.03. The summed E-state index contributed by atoms with van der Waals surface area (Å²) in [5.74, 6) is -0.723. The van der Waals surface area contributed by atoms with Crippen LogP contribution in [0.1, 0.15) is 11.1 Å². The summed E-state index contributed by atoms with van der Waals surface area (Å²) in [7, 11) is 0. The Balaban J connectivity index is 1.71. The van der Waals surface area contributed by atoms with E-state index >= 15 is 0 Å². The van der Waals surface area contributed by atoms with Crippen LogP contribution in [-0.2, 0) is 16.0 Å². The van der Waals surface area contributed by atoms with E-state index in [1.165, 1.54) is 16.7 Å². The zero-order valence-corrected chi connectivity index (χ0v) is 19.4. The summed E-state index contributed by atoms with van der Waals surface area (Å²) in [5, 5.41) is 13.2. The summed E-state index contributed by atoms with van der Waals surface area (Å²) in [6, 6.07) is 25.7. The number of rotatable bonds is 5. The molecule has 5 nitrogen and oxygen atoms in total. The average Bonchev–Trinajstić information content (AvgIpc) is 3.12. The van der Waals surface area contributed by atoms with E-state index in [2.05, 4.69) is 5.32 Å². The average molecular weight is 474 g/mol. The minimum absolute atomic E-state index is 0.0997. The number of hydrogen-bond donors (Lipinski definition) is 1. The van der Waals surface area contributed by atoms with Crippen molar-refractivity contribution in [2.75, 3.05) is 10.2 Å². The molecule has 2 amide bonds. The fraction of sp³-hybridized carbons (Fsp3) is 0.115. The van der Waals surface area contributed by atoms with Crippen molar-refractivity contribution in [1.82, 2.24) is 0 Å². The van der Waals surface area contributed by atoms with E-state index in [4.69, 9.17) is 11.6 Å². The smallest absolute Gasteiger partial charge is 0.269 e. The number of aryl methyl sites for hydroxylation is 1. The van der Waals surface area contributed by atoms with E-state index in [-0.39, 0.29) is 11.5 Å². The molecule has 164 valence electrons. The van der Waals surface area contributed by atoms with Crippen molar-refractivity contribution in [2.24, 2.45) is 0 Å². The molecule has 1 N–H and O–H groups in total. The zero-order valence-electron chi connectivity index (χ0n) is 17.8. The highest BCUT2D eigenvalue weighted by Gasteiger charge is 2.40. The molecule has 0 spiro atoms. The minimum Gasteiger partial charge on any atom is -0.321 e. The molecule has 3 aromatic rings. The summed E-state index contributed by atoms with van der Waals surface area (Å²) in [6.07, 6.45) is 0.450. The molecule has 1 unspecified atom stereocenters. The molecular formula is C26H20ClN3O2S. The Bertz CT molecular complexity index is 1270. The van der Waals surface area contributed by atoms with Crippen LogP contribution in [0.2, 0.25) is 5.02 Å².